The third kappa shape index (κ3) is 5.60. The molecule has 1 aromatic heterocycles. The predicted octanol–water partition coefficient (Wildman–Crippen LogP) is 5.12. The van der Waals surface area contributed by atoms with Crippen LogP contribution >= 0.6 is 23.2 Å². The van der Waals surface area contributed by atoms with Crippen molar-refractivity contribution < 1.29 is 51.9 Å². The minimum Gasteiger partial charge on any atom is -0.505 e. The van der Waals surface area contributed by atoms with E-state index >= 15 is 9.18 Å². The molecule has 11 nitrogen and oxygen atoms in total. The van der Waals surface area contributed by atoms with Gasteiger partial charge in [0.15, 0.2) is 17.4 Å². The maximum Gasteiger partial charge on any atom is 0.488 e. The first-order chi connectivity index (χ1) is 26.5. The largest absolute Gasteiger partial charge is 0.505 e. The summed E-state index contributed by atoms with van der Waals surface area (Å²) in [5, 5.41) is 31.2. The molecule has 0 radical (unpaired) electrons. The van der Waals surface area contributed by atoms with Crippen LogP contribution in [0.1, 0.15) is 35.4 Å². The van der Waals surface area contributed by atoms with Gasteiger partial charge in [0, 0.05) is 22.7 Å². The van der Waals surface area contributed by atoms with Crippen molar-refractivity contribution in [3.05, 3.63) is 123 Å². The first-order valence-corrected chi connectivity index (χ1v) is 18.0. The Kier molecular flexibility index (Phi) is 9.03. The van der Waals surface area contributed by atoms with Crippen LogP contribution < -0.4 is 15.8 Å². The summed E-state index contributed by atoms with van der Waals surface area (Å²) in [6.45, 7) is 0. The van der Waals surface area contributed by atoms with Gasteiger partial charge in [-0.05, 0) is 66.2 Å². The van der Waals surface area contributed by atoms with Gasteiger partial charge in [-0.3, -0.25) is 29.5 Å². The van der Waals surface area contributed by atoms with Gasteiger partial charge in [0.2, 0.25) is 11.8 Å². The number of pyridine rings is 1. The molecule has 0 spiro atoms. The lowest BCUT2D eigenvalue weighted by Crippen LogP contribution is -2.53. The zero-order valence-corrected chi connectivity index (χ0v) is 30.1. The number of phenolic OH excluding ortho intramolecular Hbond substituents is 1. The molecule has 2 aliphatic carbocycles. The number of carbonyl (C=O) groups excluding carboxylic acids is 4. The molecule has 0 bridgehead atoms. The van der Waals surface area contributed by atoms with Crippen LogP contribution in [0.2, 0.25) is 10.0 Å². The summed E-state index contributed by atoms with van der Waals surface area (Å²) >= 11 is 12.5. The number of fused-ring (bicyclic) bond motifs is 4. The van der Waals surface area contributed by atoms with Crippen molar-refractivity contribution in [2.24, 2.45) is 23.7 Å². The second kappa shape index (κ2) is 13.4. The van der Waals surface area contributed by atoms with Crippen LogP contribution in [0.5, 0.6) is 5.75 Å². The molecule has 3 fully saturated rings. The lowest BCUT2D eigenvalue weighted by Gasteiger charge is -2.50. The number of hydrogen-bond donors (Lipinski definition) is 4. The Balaban J connectivity index is 1.31. The van der Waals surface area contributed by atoms with Crippen LogP contribution in [0.4, 0.5) is 29.1 Å². The Hall–Kier alpha value is -5.29. The summed E-state index contributed by atoms with van der Waals surface area (Å²) in [5.41, 5.74) is -0.0952. The van der Waals surface area contributed by atoms with Gasteiger partial charge in [0.25, 0.3) is 11.8 Å². The van der Waals surface area contributed by atoms with Gasteiger partial charge in [-0.15, -0.1) is 0 Å². The molecule has 56 heavy (non-hydrogen) atoms. The molecular weight excluding hydrogens is 782 g/mol. The zero-order chi connectivity index (χ0) is 40.0. The number of aromatic hydroxyl groups is 1. The van der Waals surface area contributed by atoms with Crippen LogP contribution in [0.15, 0.2) is 90.6 Å². The first kappa shape index (κ1) is 37.6. The topological polar surface area (TPSA) is 160 Å². The number of para-hydroxylation sites is 1. The van der Waals surface area contributed by atoms with Crippen molar-refractivity contribution in [3.8, 4) is 5.75 Å². The van der Waals surface area contributed by atoms with E-state index in [1.54, 1.807) is 6.08 Å². The number of allylic oxidation sites excluding steroid dienone is 2. The van der Waals surface area contributed by atoms with Gasteiger partial charge in [-0.1, -0.05) is 71.2 Å². The Morgan fingerprint density at radius 1 is 0.911 bits per heavy atom. The van der Waals surface area contributed by atoms with Crippen LogP contribution in [0.25, 0.3) is 0 Å². The van der Waals surface area contributed by atoms with Crippen molar-refractivity contribution >= 4 is 70.9 Å². The van der Waals surface area contributed by atoms with E-state index < -0.39 is 99.9 Å². The number of hydrazine groups is 1. The number of aromatic nitrogens is 1. The summed E-state index contributed by atoms with van der Waals surface area (Å²) in [6.07, 6.45) is -2.91. The zero-order valence-electron chi connectivity index (χ0n) is 28.5. The van der Waals surface area contributed by atoms with E-state index in [0.29, 0.717) is 22.8 Å². The van der Waals surface area contributed by atoms with Crippen molar-refractivity contribution in [1.29, 1.82) is 0 Å². The number of nitrogens with one attached hydrogen (secondary N) is 1. The van der Waals surface area contributed by atoms with Gasteiger partial charge in [-0.2, -0.15) is 18.2 Å². The normalized spacial score (nSPS) is 25.9. The highest BCUT2D eigenvalue weighted by Gasteiger charge is 2.71. The molecule has 4 amide bonds. The van der Waals surface area contributed by atoms with Gasteiger partial charge in [0.1, 0.15) is 0 Å². The Morgan fingerprint density at radius 3 is 2.30 bits per heavy atom. The van der Waals surface area contributed by atoms with E-state index in [1.807, 2.05) is 0 Å². The molecule has 4 aromatic rings. The van der Waals surface area contributed by atoms with Gasteiger partial charge in [-0.25, -0.2) is 9.37 Å². The van der Waals surface area contributed by atoms with Gasteiger partial charge in [0.05, 0.1) is 39.4 Å². The summed E-state index contributed by atoms with van der Waals surface area (Å²) < 4.78 is 55.7. The van der Waals surface area contributed by atoms with E-state index in [4.69, 9.17) is 23.2 Å². The van der Waals surface area contributed by atoms with E-state index in [0.717, 1.165) is 11.0 Å². The van der Waals surface area contributed by atoms with E-state index in [2.05, 4.69) is 10.4 Å². The molecule has 286 valence electrons. The van der Waals surface area contributed by atoms with Crippen LogP contribution in [0, 0.1) is 29.5 Å². The van der Waals surface area contributed by atoms with Crippen molar-refractivity contribution in [2.75, 3.05) is 10.3 Å². The van der Waals surface area contributed by atoms with E-state index in [9.17, 15) is 42.7 Å². The fourth-order valence-corrected chi connectivity index (χ4v) is 9.31. The second-order valence-electron chi connectivity index (χ2n) is 14.1. The van der Waals surface area contributed by atoms with Gasteiger partial charge < -0.3 is 15.2 Å². The highest BCUT2D eigenvalue weighted by atomic mass is 35.5. The number of alkyl halides is 3. The molecule has 2 saturated heterocycles. The molecular formula is C38H27BCl2F4N4O7. The smallest absolute Gasteiger partial charge is 0.488 e. The number of rotatable bonds is 6. The van der Waals surface area contributed by atoms with Crippen LogP contribution in [0.3, 0.4) is 0 Å². The number of phenols is 1. The lowest BCUT2D eigenvalue weighted by atomic mass is 9.49. The maximum atomic E-state index is 15.3. The molecule has 18 heteroatoms. The lowest BCUT2D eigenvalue weighted by molar-refractivity contribution is -0.139. The highest BCUT2D eigenvalue weighted by Crippen LogP contribution is 2.65. The number of nitrogens with zero attached hydrogens (tertiary/aromatic N) is 3. The molecule has 2 aliphatic heterocycles. The quantitative estimate of drug-likeness (QED) is 0.0898. The summed E-state index contributed by atoms with van der Waals surface area (Å²) in [5.74, 6) is -11.2. The SMILES string of the molecule is O=C1[C@@H]2C[C@@H]3C(=CC[C@@H]4C(=O)N(c5cccc(B(O)O)c5)C(=O)[C@@H]43)[C@H](c3cccc(F)c3O)[C@]2(c2ccc(Cl)cc2)C(=O)N1Nc1ncc(C(F)(F)F)cc1Cl. The molecule has 4 aliphatic rings. The predicted molar refractivity (Wildman–Crippen MR) is 194 cm³/mol. The first-order valence-electron chi connectivity index (χ1n) is 17.2. The van der Waals surface area contributed by atoms with E-state index in [-0.39, 0.29) is 40.1 Å². The number of benzene rings is 3. The molecule has 0 unspecified atom stereocenters. The van der Waals surface area contributed by atoms with Crippen molar-refractivity contribution in [1.82, 2.24) is 9.99 Å². The van der Waals surface area contributed by atoms with Crippen LogP contribution in [-0.2, 0) is 30.8 Å². The standard InChI is InChI=1S/C38H27BCl2F4N4O7/c40-20-9-7-17(8-10-20)37-26(34(52)49(36(37)54)47-32-27(41)13-18(16-46-32)38(43,44)45)15-25-22(30(37)24-5-2-6-28(42)31(24)50)11-12-23-29(25)35(53)48(33(23)51)21-4-1-3-19(14-21)39(55)56/h1-11,13-14,16,23,25-26,29-30,50,55-56H,12,15H2,(H,46,47)/t23-,25+,26-,29-,30+,37+/m0/s1. The molecule has 8 rings (SSSR count). The molecule has 3 heterocycles. The summed E-state index contributed by atoms with van der Waals surface area (Å²) in [7, 11) is -1.90. The number of imide groups is 2. The fourth-order valence-electron chi connectivity index (χ4n) is 8.97. The minimum atomic E-state index is -4.80. The number of halogens is 6. The van der Waals surface area contributed by atoms with E-state index in [1.165, 1.54) is 60.7 Å². The number of hydrogen-bond acceptors (Lipinski definition) is 9. The van der Waals surface area contributed by atoms with Crippen molar-refractivity contribution in [3.63, 3.8) is 0 Å². The monoisotopic (exact) mass is 808 g/mol. The second-order valence-corrected chi connectivity index (χ2v) is 14.9. The third-order valence-corrected chi connectivity index (χ3v) is 11.9. The summed E-state index contributed by atoms with van der Waals surface area (Å²) in [6, 6.07) is 15.8. The Morgan fingerprint density at radius 2 is 1.62 bits per heavy atom. The minimum absolute atomic E-state index is 0.0224. The molecule has 3 aromatic carbocycles. The third-order valence-electron chi connectivity index (χ3n) is 11.3. The highest BCUT2D eigenvalue weighted by molar-refractivity contribution is 6.58. The summed E-state index contributed by atoms with van der Waals surface area (Å²) in [4.78, 5) is 63.1. The van der Waals surface area contributed by atoms with Gasteiger partial charge >= 0.3 is 13.3 Å². The Bertz CT molecular complexity index is 2380. The molecule has 4 N–H and O–H groups in total. The maximum absolute atomic E-state index is 15.3. The number of carbonyl (C=O) groups is 4. The van der Waals surface area contributed by atoms with Crippen LogP contribution in [-0.4, -0.2) is 55.9 Å². The molecule has 6 atom stereocenters. The number of anilines is 2. The number of amides is 4. The average molecular weight is 809 g/mol. The van der Waals surface area contributed by atoms with Crippen molar-refractivity contribution in [2.45, 2.75) is 30.4 Å². The Labute approximate surface area is 325 Å². The fraction of sp³-hybridized carbons (Fsp3) is 0.237. The average Bonchev–Trinajstić information content (AvgIpc) is 3.54. The molecule has 1 saturated carbocycles.